The quantitative estimate of drug-likeness (QED) is 0.532. The summed E-state index contributed by atoms with van der Waals surface area (Å²) < 4.78 is 7.45. The number of aryl methyl sites for hydroxylation is 1. The zero-order valence-electron chi connectivity index (χ0n) is 15.8. The third kappa shape index (κ3) is 4.30. The number of carbonyl (C=O) groups is 1. The summed E-state index contributed by atoms with van der Waals surface area (Å²) in [7, 11) is 0. The highest BCUT2D eigenvalue weighted by Gasteiger charge is 2.12. The fourth-order valence-corrected chi connectivity index (χ4v) is 2.86. The van der Waals surface area contributed by atoms with Gasteiger partial charge < -0.3 is 10.1 Å². The van der Waals surface area contributed by atoms with Crippen LogP contribution in [0.25, 0.3) is 11.4 Å². The second kappa shape index (κ2) is 8.35. The van der Waals surface area contributed by atoms with E-state index in [1.807, 2.05) is 61.5 Å². The second-order valence-electron chi connectivity index (χ2n) is 6.29. The van der Waals surface area contributed by atoms with Gasteiger partial charge in [0.15, 0.2) is 5.82 Å². The van der Waals surface area contributed by atoms with Crippen LogP contribution in [-0.4, -0.2) is 26.1 Å². The Morgan fingerprint density at radius 1 is 0.966 bits per heavy atom. The largest absolute Gasteiger partial charge is 0.457 e. The van der Waals surface area contributed by atoms with Gasteiger partial charge in [-0.05, 0) is 65.9 Å². The molecule has 0 aliphatic carbocycles. The molecule has 0 saturated heterocycles. The highest BCUT2D eigenvalue weighted by molar-refractivity contribution is 6.04. The van der Waals surface area contributed by atoms with E-state index in [9.17, 15) is 4.79 Å². The molecule has 4 rings (SSSR count). The van der Waals surface area contributed by atoms with E-state index in [0.717, 1.165) is 11.3 Å². The molecule has 0 atom stereocenters. The van der Waals surface area contributed by atoms with E-state index in [1.165, 1.54) is 0 Å². The number of amides is 1. The lowest BCUT2D eigenvalue weighted by molar-refractivity contribution is 0.102. The van der Waals surface area contributed by atoms with E-state index in [-0.39, 0.29) is 5.91 Å². The molecule has 1 heterocycles. The molecule has 0 bridgehead atoms. The van der Waals surface area contributed by atoms with E-state index >= 15 is 0 Å². The molecule has 3 aromatic carbocycles. The van der Waals surface area contributed by atoms with Gasteiger partial charge >= 0.3 is 0 Å². The first kappa shape index (κ1) is 18.4. The lowest BCUT2D eigenvalue weighted by Gasteiger charge is -2.09. The van der Waals surface area contributed by atoms with Crippen molar-refractivity contribution < 1.29 is 9.53 Å². The molecule has 4 aromatic rings. The van der Waals surface area contributed by atoms with Crippen molar-refractivity contribution in [3.05, 3.63) is 84.4 Å². The van der Waals surface area contributed by atoms with E-state index in [2.05, 4.69) is 20.8 Å². The smallest absolute Gasteiger partial charge is 0.255 e. The maximum absolute atomic E-state index is 12.7. The predicted octanol–water partition coefficient (Wildman–Crippen LogP) is 4.40. The Morgan fingerprint density at radius 3 is 2.48 bits per heavy atom. The molecule has 1 amide bonds. The molecule has 0 spiro atoms. The number of nitrogens with zero attached hydrogens (tertiary/aromatic N) is 4. The van der Waals surface area contributed by atoms with Crippen LogP contribution < -0.4 is 10.1 Å². The summed E-state index contributed by atoms with van der Waals surface area (Å²) in [5, 5.41) is 14.6. The number of tetrazole rings is 1. The van der Waals surface area contributed by atoms with Crippen molar-refractivity contribution >= 4 is 11.6 Å². The number of aromatic nitrogens is 4. The third-order valence-corrected chi connectivity index (χ3v) is 4.31. The zero-order chi connectivity index (χ0) is 20.1. The molecular weight excluding hydrogens is 366 g/mol. The van der Waals surface area contributed by atoms with Crippen LogP contribution >= 0.6 is 0 Å². The summed E-state index contributed by atoms with van der Waals surface area (Å²) in [6, 6.07) is 24.0. The number of rotatable bonds is 6. The van der Waals surface area contributed by atoms with E-state index < -0.39 is 0 Å². The van der Waals surface area contributed by atoms with Crippen molar-refractivity contribution in [2.24, 2.45) is 0 Å². The number of para-hydroxylation sites is 1. The lowest BCUT2D eigenvalue weighted by atomic mass is 10.1. The summed E-state index contributed by atoms with van der Waals surface area (Å²) in [5.41, 5.74) is 1.99. The number of benzene rings is 3. The maximum atomic E-state index is 12.7. The van der Waals surface area contributed by atoms with Gasteiger partial charge in [0.05, 0.1) is 0 Å². The first-order chi connectivity index (χ1) is 14.2. The van der Waals surface area contributed by atoms with E-state index in [0.29, 0.717) is 29.4 Å². The summed E-state index contributed by atoms with van der Waals surface area (Å²) in [5.74, 6) is 1.88. The number of carbonyl (C=O) groups excluding carboxylic acids is 1. The molecule has 1 aromatic heterocycles. The molecule has 7 heteroatoms. The average molecular weight is 385 g/mol. The molecular formula is C22H19N5O2. The average Bonchev–Trinajstić information content (AvgIpc) is 3.25. The Bertz CT molecular complexity index is 1110. The fraction of sp³-hybridized carbons (Fsp3) is 0.0909. The summed E-state index contributed by atoms with van der Waals surface area (Å²) in [6.45, 7) is 2.61. The van der Waals surface area contributed by atoms with E-state index in [1.54, 1.807) is 28.9 Å². The lowest BCUT2D eigenvalue weighted by Crippen LogP contribution is -2.12. The number of nitrogens with one attached hydrogen (secondary N) is 1. The van der Waals surface area contributed by atoms with Gasteiger partial charge in [-0.3, -0.25) is 4.79 Å². The maximum Gasteiger partial charge on any atom is 0.255 e. The molecule has 0 aliphatic rings. The van der Waals surface area contributed by atoms with Crippen LogP contribution in [0.4, 0.5) is 5.69 Å². The van der Waals surface area contributed by atoms with E-state index in [4.69, 9.17) is 4.74 Å². The molecule has 29 heavy (non-hydrogen) atoms. The first-order valence-electron chi connectivity index (χ1n) is 9.24. The van der Waals surface area contributed by atoms with Crippen molar-refractivity contribution in [1.29, 1.82) is 0 Å². The number of ether oxygens (including phenoxy) is 1. The topological polar surface area (TPSA) is 81.9 Å². The van der Waals surface area contributed by atoms with Crippen LogP contribution in [0, 0.1) is 0 Å². The van der Waals surface area contributed by atoms with Crippen LogP contribution in [0.1, 0.15) is 17.3 Å². The number of hydrogen-bond donors (Lipinski definition) is 1. The molecule has 0 saturated carbocycles. The molecule has 0 radical (unpaired) electrons. The van der Waals surface area contributed by atoms with Gasteiger partial charge in [0.1, 0.15) is 11.5 Å². The number of anilines is 1. The number of hydrogen-bond acceptors (Lipinski definition) is 5. The van der Waals surface area contributed by atoms with Crippen LogP contribution in [0.5, 0.6) is 11.5 Å². The molecule has 1 N–H and O–H groups in total. The SMILES string of the molecule is CCn1nnnc1-c1cccc(C(=O)Nc2ccc(Oc3ccccc3)cc2)c1. The highest BCUT2D eigenvalue weighted by Crippen LogP contribution is 2.23. The van der Waals surface area contributed by atoms with Crippen molar-refractivity contribution in [3.63, 3.8) is 0 Å². The van der Waals surface area contributed by atoms with Gasteiger partial charge in [-0.15, -0.1) is 5.10 Å². The second-order valence-corrected chi connectivity index (χ2v) is 6.29. The van der Waals surface area contributed by atoms with Crippen LogP contribution in [0.2, 0.25) is 0 Å². The van der Waals surface area contributed by atoms with Crippen LogP contribution in [-0.2, 0) is 6.54 Å². The molecule has 7 nitrogen and oxygen atoms in total. The van der Waals surface area contributed by atoms with Crippen molar-refractivity contribution in [1.82, 2.24) is 20.2 Å². The Morgan fingerprint density at radius 2 is 1.72 bits per heavy atom. The van der Waals surface area contributed by atoms with Crippen molar-refractivity contribution in [2.75, 3.05) is 5.32 Å². The van der Waals surface area contributed by atoms with Gasteiger partial charge in [0.25, 0.3) is 5.91 Å². The standard InChI is InChI=1S/C22H19N5O2/c1-2-27-21(24-25-26-27)16-7-6-8-17(15-16)22(28)23-18-11-13-20(14-12-18)29-19-9-4-3-5-10-19/h3-15H,2H2,1H3,(H,23,28). The van der Waals surface area contributed by atoms with Crippen LogP contribution in [0.3, 0.4) is 0 Å². The minimum Gasteiger partial charge on any atom is -0.457 e. The molecule has 0 unspecified atom stereocenters. The predicted molar refractivity (Wildman–Crippen MR) is 110 cm³/mol. The monoisotopic (exact) mass is 385 g/mol. The highest BCUT2D eigenvalue weighted by atomic mass is 16.5. The van der Waals surface area contributed by atoms with Gasteiger partial charge in [-0.1, -0.05) is 30.3 Å². The summed E-state index contributed by atoms with van der Waals surface area (Å²) in [6.07, 6.45) is 0. The Hall–Kier alpha value is -4.00. The minimum atomic E-state index is -0.209. The van der Waals surface area contributed by atoms with Gasteiger partial charge in [-0.25, -0.2) is 4.68 Å². The van der Waals surface area contributed by atoms with Gasteiger partial charge in [-0.2, -0.15) is 0 Å². The zero-order valence-corrected chi connectivity index (χ0v) is 15.8. The fourth-order valence-electron chi connectivity index (χ4n) is 2.86. The first-order valence-corrected chi connectivity index (χ1v) is 9.24. The van der Waals surface area contributed by atoms with Crippen LogP contribution in [0.15, 0.2) is 78.9 Å². The van der Waals surface area contributed by atoms with Crippen molar-refractivity contribution in [3.8, 4) is 22.9 Å². The van der Waals surface area contributed by atoms with Gasteiger partial charge in [0.2, 0.25) is 0 Å². The Labute approximate surface area is 168 Å². The summed E-state index contributed by atoms with van der Waals surface area (Å²) >= 11 is 0. The van der Waals surface area contributed by atoms with Gasteiger partial charge in [0, 0.05) is 23.4 Å². The Balaban J connectivity index is 1.46. The Kier molecular flexibility index (Phi) is 5.29. The third-order valence-electron chi connectivity index (χ3n) is 4.31. The minimum absolute atomic E-state index is 0.209. The summed E-state index contributed by atoms with van der Waals surface area (Å²) in [4.78, 5) is 12.7. The normalized spacial score (nSPS) is 10.5. The molecule has 0 aliphatic heterocycles. The molecule has 144 valence electrons. The molecule has 0 fully saturated rings. The van der Waals surface area contributed by atoms with Crippen molar-refractivity contribution in [2.45, 2.75) is 13.5 Å².